The Morgan fingerprint density at radius 2 is 1.73 bits per heavy atom. The molecule has 1 amide bonds. The van der Waals surface area contributed by atoms with E-state index in [9.17, 15) is 32.9 Å². The lowest BCUT2D eigenvalue weighted by Crippen LogP contribution is -2.33. The molecule has 0 saturated heterocycles. The molecule has 0 heterocycles. The summed E-state index contributed by atoms with van der Waals surface area (Å²) in [6.45, 7) is 0.176. The number of carbonyl (C=O) groups is 2. The molecule has 8 nitrogen and oxygen atoms in total. The average molecular weight is 426 g/mol. The summed E-state index contributed by atoms with van der Waals surface area (Å²) in [6.07, 6.45) is -5.16. The van der Waals surface area contributed by atoms with Crippen LogP contribution < -0.4 is 14.8 Å². The van der Waals surface area contributed by atoms with Crippen molar-refractivity contribution in [2.24, 2.45) is 0 Å². The fraction of sp³-hybridized carbons (Fsp3) is 0.263. The molecule has 0 radical (unpaired) electrons. The predicted octanol–water partition coefficient (Wildman–Crippen LogP) is 2.97. The summed E-state index contributed by atoms with van der Waals surface area (Å²) in [5, 5.41) is 13.4. The zero-order valence-electron chi connectivity index (χ0n) is 15.7. The van der Waals surface area contributed by atoms with Crippen LogP contribution in [0.3, 0.4) is 0 Å². The lowest BCUT2D eigenvalue weighted by Gasteiger charge is -2.10. The van der Waals surface area contributed by atoms with E-state index in [4.69, 9.17) is 4.74 Å². The number of rotatable bonds is 9. The number of benzene rings is 2. The van der Waals surface area contributed by atoms with E-state index in [1.54, 1.807) is 24.3 Å². The Morgan fingerprint density at radius 1 is 1.10 bits per heavy atom. The number of hydrogen-bond donors (Lipinski definition) is 1. The number of Topliss-reactive ketones (excluding diaryl/α,β-unsaturated/α-hetero) is 1. The summed E-state index contributed by atoms with van der Waals surface area (Å²) in [5.41, 5.74) is -0.0523. The van der Waals surface area contributed by atoms with Crippen LogP contribution in [0.25, 0.3) is 0 Å². The Labute approximate surface area is 168 Å². The van der Waals surface area contributed by atoms with Gasteiger partial charge in [0, 0.05) is 19.0 Å². The summed E-state index contributed by atoms with van der Waals surface area (Å²) in [6, 6.07) is 9.66. The number of methoxy groups -OCH3 is 1. The van der Waals surface area contributed by atoms with Gasteiger partial charge >= 0.3 is 12.0 Å². The third kappa shape index (κ3) is 6.76. The molecular formula is C19H17F3N2O6. The van der Waals surface area contributed by atoms with Gasteiger partial charge in [-0.3, -0.25) is 19.7 Å². The second kappa shape index (κ2) is 9.72. The normalized spacial score (nSPS) is 10.9. The minimum absolute atomic E-state index is 0.00605. The summed E-state index contributed by atoms with van der Waals surface area (Å²) < 4.78 is 45.6. The van der Waals surface area contributed by atoms with Gasteiger partial charge in [-0.25, -0.2) is 0 Å². The molecule has 0 unspecified atom stereocenters. The average Bonchev–Trinajstić information content (AvgIpc) is 2.68. The van der Waals surface area contributed by atoms with Crippen molar-refractivity contribution in [3.63, 3.8) is 0 Å². The van der Waals surface area contributed by atoms with E-state index in [-0.39, 0.29) is 12.1 Å². The Bertz CT molecular complexity index is 929. The van der Waals surface area contributed by atoms with Crippen LogP contribution in [0.1, 0.15) is 11.1 Å². The Hall–Kier alpha value is -3.63. The third-order valence-electron chi connectivity index (χ3n) is 3.92. The quantitative estimate of drug-likeness (QED) is 0.375. The molecule has 0 aliphatic rings. The first-order chi connectivity index (χ1) is 14.1. The van der Waals surface area contributed by atoms with Crippen molar-refractivity contribution in [2.45, 2.75) is 19.2 Å². The maximum Gasteiger partial charge on any atom is 0.573 e. The molecule has 0 bridgehead atoms. The Kier molecular flexibility index (Phi) is 7.34. The molecule has 0 aliphatic carbocycles. The Morgan fingerprint density at radius 3 is 2.30 bits per heavy atom. The van der Waals surface area contributed by atoms with Crippen molar-refractivity contribution in [3.8, 4) is 11.5 Å². The first kappa shape index (κ1) is 22.7. The standard InChI is InChI=1S/C19H17F3N2O6/c1-29-14-5-2-12(3-6-14)8-9-23-18(26)16(25)11-13-4-7-17(30-19(20,21)22)15(10-13)24(27)28/h2-7,10H,8-9,11H2,1H3,(H,23,26). The number of nitrogens with one attached hydrogen (secondary N) is 1. The predicted molar refractivity (Wildman–Crippen MR) is 98.2 cm³/mol. The number of carbonyl (C=O) groups excluding carboxylic acids is 2. The minimum atomic E-state index is -5.11. The molecule has 0 fully saturated rings. The van der Waals surface area contributed by atoms with Gasteiger partial charge in [0.15, 0.2) is 0 Å². The molecule has 160 valence electrons. The second-order valence-corrected chi connectivity index (χ2v) is 6.06. The highest BCUT2D eigenvalue weighted by molar-refractivity contribution is 6.36. The minimum Gasteiger partial charge on any atom is -0.497 e. The van der Waals surface area contributed by atoms with Gasteiger partial charge in [-0.2, -0.15) is 0 Å². The summed E-state index contributed by atoms with van der Waals surface area (Å²) in [4.78, 5) is 33.9. The number of nitrogens with zero attached hydrogens (tertiary/aromatic N) is 1. The molecule has 1 N–H and O–H groups in total. The zero-order chi connectivity index (χ0) is 22.3. The van der Waals surface area contributed by atoms with E-state index >= 15 is 0 Å². The van der Waals surface area contributed by atoms with Crippen molar-refractivity contribution in [3.05, 3.63) is 63.7 Å². The summed E-state index contributed by atoms with van der Waals surface area (Å²) >= 11 is 0. The molecule has 0 aromatic heterocycles. The van der Waals surface area contributed by atoms with Gasteiger partial charge in [-0.1, -0.05) is 18.2 Å². The number of halogens is 3. The van der Waals surface area contributed by atoms with Crippen LogP contribution in [0.5, 0.6) is 11.5 Å². The van der Waals surface area contributed by atoms with Crippen molar-refractivity contribution in [1.82, 2.24) is 5.32 Å². The van der Waals surface area contributed by atoms with E-state index in [2.05, 4.69) is 10.1 Å². The maximum absolute atomic E-state index is 12.3. The van der Waals surface area contributed by atoms with Crippen LogP contribution in [-0.4, -0.2) is 36.6 Å². The van der Waals surface area contributed by atoms with Crippen LogP contribution in [0, 0.1) is 10.1 Å². The third-order valence-corrected chi connectivity index (χ3v) is 3.92. The molecule has 0 saturated carbocycles. The number of nitro benzene ring substituents is 1. The lowest BCUT2D eigenvalue weighted by atomic mass is 10.1. The molecule has 0 atom stereocenters. The van der Waals surface area contributed by atoms with Gasteiger partial charge < -0.3 is 14.8 Å². The second-order valence-electron chi connectivity index (χ2n) is 6.06. The first-order valence-electron chi connectivity index (χ1n) is 8.56. The van der Waals surface area contributed by atoms with E-state index < -0.39 is 40.8 Å². The number of amides is 1. The lowest BCUT2D eigenvalue weighted by molar-refractivity contribution is -0.388. The van der Waals surface area contributed by atoms with Crippen LogP contribution in [0.2, 0.25) is 0 Å². The van der Waals surface area contributed by atoms with Crippen molar-refractivity contribution < 1.29 is 37.2 Å². The molecule has 0 aliphatic heterocycles. The fourth-order valence-electron chi connectivity index (χ4n) is 2.50. The molecule has 30 heavy (non-hydrogen) atoms. The number of nitro groups is 1. The van der Waals surface area contributed by atoms with E-state index in [0.717, 1.165) is 23.8 Å². The van der Waals surface area contributed by atoms with Crippen molar-refractivity contribution in [2.75, 3.05) is 13.7 Å². The largest absolute Gasteiger partial charge is 0.573 e. The number of ether oxygens (including phenoxy) is 2. The van der Waals surface area contributed by atoms with Crippen LogP contribution >= 0.6 is 0 Å². The van der Waals surface area contributed by atoms with Gasteiger partial charge in [0.25, 0.3) is 5.91 Å². The van der Waals surface area contributed by atoms with Gasteiger partial charge in [0.05, 0.1) is 12.0 Å². The van der Waals surface area contributed by atoms with Crippen molar-refractivity contribution >= 4 is 17.4 Å². The number of hydrogen-bond acceptors (Lipinski definition) is 6. The van der Waals surface area contributed by atoms with Gasteiger partial charge in [-0.05, 0) is 35.7 Å². The van der Waals surface area contributed by atoms with E-state index in [1.807, 2.05) is 0 Å². The maximum atomic E-state index is 12.3. The molecule has 2 aromatic carbocycles. The fourth-order valence-corrected chi connectivity index (χ4v) is 2.50. The zero-order valence-corrected chi connectivity index (χ0v) is 15.7. The number of alkyl halides is 3. The highest BCUT2D eigenvalue weighted by atomic mass is 19.4. The SMILES string of the molecule is COc1ccc(CCNC(=O)C(=O)Cc2ccc(OC(F)(F)F)c([N+](=O)[O-])c2)cc1. The monoisotopic (exact) mass is 426 g/mol. The molecule has 2 aromatic rings. The Balaban J connectivity index is 1.94. The molecular weight excluding hydrogens is 409 g/mol. The van der Waals surface area contributed by atoms with Gasteiger partial charge in [-0.15, -0.1) is 13.2 Å². The summed E-state index contributed by atoms with van der Waals surface area (Å²) in [7, 11) is 1.53. The van der Waals surface area contributed by atoms with Crippen molar-refractivity contribution in [1.29, 1.82) is 0 Å². The first-order valence-corrected chi connectivity index (χ1v) is 8.56. The smallest absolute Gasteiger partial charge is 0.497 e. The summed E-state index contributed by atoms with van der Waals surface area (Å²) in [5.74, 6) is -2.11. The van der Waals surface area contributed by atoms with E-state index in [0.29, 0.717) is 12.2 Å². The molecule has 0 spiro atoms. The van der Waals surface area contributed by atoms with Gasteiger partial charge in [0.2, 0.25) is 11.5 Å². The van der Waals surface area contributed by atoms with Crippen LogP contribution in [0.4, 0.5) is 18.9 Å². The van der Waals surface area contributed by atoms with E-state index in [1.165, 1.54) is 7.11 Å². The molecule has 2 rings (SSSR count). The topological polar surface area (TPSA) is 108 Å². The number of ketones is 1. The molecule has 11 heteroatoms. The van der Waals surface area contributed by atoms with Crippen LogP contribution in [-0.2, 0) is 22.4 Å². The van der Waals surface area contributed by atoms with Gasteiger partial charge in [0.1, 0.15) is 5.75 Å². The highest BCUT2D eigenvalue weighted by Gasteiger charge is 2.34. The highest BCUT2D eigenvalue weighted by Crippen LogP contribution is 2.32. The van der Waals surface area contributed by atoms with Crippen LogP contribution in [0.15, 0.2) is 42.5 Å².